The van der Waals surface area contributed by atoms with E-state index >= 15 is 0 Å². The monoisotopic (exact) mass is 406 g/mol. The molecule has 9 nitrogen and oxygen atoms in total. The predicted molar refractivity (Wildman–Crippen MR) is 103 cm³/mol. The summed E-state index contributed by atoms with van der Waals surface area (Å²) >= 11 is 1.15. The standard InChI is InChI=1S/C19H14N6O3S/c26-15(11-5-6-11)10-29-19-23-22-16(14-9-20-7-8-21-14)24(19)25-17(27)12-3-1-2-4-13(12)18(25)28/h1-4,7-9,11H,5-6,10H2. The van der Waals surface area contributed by atoms with E-state index in [0.717, 1.165) is 29.6 Å². The first-order chi connectivity index (χ1) is 14.1. The van der Waals surface area contributed by atoms with Gasteiger partial charge < -0.3 is 0 Å². The fraction of sp³-hybridized carbons (Fsp3) is 0.211. The molecule has 0 saturated heterocycles. The van der Waals surface area contributed by atoms with E-state index in [9.17, 15) is 14.4 Å². The largest absolute Gasteiger partial charge is 0.298 e. The SMILES string of the molecule is O=C(CSc1nnc(-c2cnccn2)n1N1C(=O)c2ccccc2C1=O)C1CC1. The van der Waals surface area contributed by atoms with E-state index in [2.05, 4.69) is 20.2 Å². The Kier molecular flexibility index (Phi) is 4.20. The number of aromatic nitrogens is 5. The number of hydrogen-bond acceptors (Lipinski definition) is 8. The molecule has 1 aliphatic heterocycles. The van der Waals surface area contributed by atoms with Crippen molar-refractivity contribution in [3.8, 4) is 11.5 Å². The van der Waals surface area contributed by atoms with Crippen molar-refractivity contribution in [2.24, 2.45) is 5.92 Å². The molecule has 0 unspecified atom stereocenters. The van der Waals surface area contributed by atoms with E-state index in [-0.39, 0.29) is 28.4 Å². The van der Waals surface area contributed by atoms with Gasteiger partial charge in [-0.05, 0) is 25.0 Å². The third-order valence-corrected chi connectivity index (χ3v) is 5.69. The third kappa shape index (κ3) is 3.01. The van der Waals surface area contributed by atoms with Crippen LogP contribution < -0.4 is 5.01 Å². The summed E-state index contributed by atoms with van der Waals surface area (Å²) < 4.78 is 1.33. The summed E-state index contributed by atoms with van der Waals surface area (Å²) in [5.74, 6) is -0.316. The lowest BCUT2D eigenvalue weighted by molar-refractivity contribution is -0.117. The zero-order valence-corrected chi connectivity index (χ0v) is 15.9. The highest BCUT2D eigenvalue weighted by Crippen LogP contribution is 2.33. The van der Waals surface area contributed by atoms with Crippen LogP contribution in [0.3, 0.4) is 0 Å². The van der Waals surface area contributed by atoms with Gasteiger partial charge in [-0.1, -0.05) is 23.9 Å². The van der Waals surface area contributed by atoms with Crippen molar-refractivity contribution in [3.63, 3.8) is 0 Å². The first kappa shape index (κ1) is 17.7. The van der Waals surface area contributed by atoms with E-state index < -0.39 is 11.8 Å². The number of carbonyl (C=O) groups is 3. The number of benzene rings is 1. The Balaban J connectivity index is 1.58. The van der Waals surface area contributed by atoms with Crippen molar-refractivity contribution < 1.29 is 14.4 Å². The van der Waals surface area contributed by atoms with Crippen molar-refractivity contribution in [3.05, 3.63) is 54.0 Å². The number of Topliss-reactive ketones (excluding diaryl/α,β-unsaturated/α-hetero) is 1. The van der Waals surface area contributed by atoms with Crippen LogP contribution >= 0.6 is 11.8 Å². The average molecular weight is 406 g/mol. The lowest BCUT2D eigenvalue weighted by atomic mass is 10.1. The Morgan fingerprint density at radius 1 is 1.07 bits per heavy atom. The van der Waals surface area contributed by atoms with Gasteiger partial charge in [0.1, 0.15) is 11.5 Å². The van der Waals surface area contributed by atoms with Crippen LogP contribution in [0, 0.1) is 5.92 Å². The minimum Gasteiger partial charge on any atom is -0.298 e. The summed E-state index contributed by atoms with van der Waals surface area (Å²) in [5, 5.41) is 9.53. The van der Waals surface area contributed by atoms with Gasteiger partial charge in [0.25, 0.3) is 11.8 Å². The molecule has 3 aromatic rings. The number of amides is 2. The van der Waals surface area contributed by atoms with Crippen LogP contribution in [-0.4, -0.2) is 48.2 Å². The maximum Gasteiger partial charge on any atom is 0.281 e. The predicted octanol–water partition coefficient (Wildman–Crippen LogP) is 1.74. The molecule has 3 heterocycles. The molecule has 2 aliphatic rings. The number of rotatable bonds is 6. The van der Waals surface area contributed by atoms with E-state index in [1.807, 2.05) is 0 Å². The minimum absolute atomic E-state index is 0.109. The number of nitrogens with zero attached hydrogens (tertiary/aromatic N) is 6. The van der Waals surface area contributed by atoms with Gasteiger partial charge >= 0.3 is 0 Å². The van der Waals surface area contributed by atoms with Gasteiger partial charge in [-0.15, -0.1) is 10.2 Å². The molecular weight excluding hydrogens is 392 g/mol. The second-order valence-corrected chi connectivity index (χ2v) is 7.65. The highest BCUT2D eigenvalue weighted by Gasteiger charge is 2.40. The van der Waals surface area contributed by atoms with Crippen molar-refractivity contribution in [1.29, 1.82) is 0 Å². The first-order valence-electron chi connectivity index (χ1n) is 9.00. The molecular formula is C19H14N6O3S. The van der Waals surface area contributed by atoms with Gasteiger partial charge in [-0.25, -0.2) is 4.98 Å². The fourth-order valence-corrected chi connectivity index (χ4v) is 4.02. The molecule has 0 spiro atoms. The van der Waals surface area contributed by atoms with Crippen LogP contribution in [0.4, 0.5) is 0 Å². The van der Waals surface area contributed by atoms with E-state index in [1.54, 1.807) is 24.3 Å². The van der Waals surface area contributed by atoms with Crippen LogP contribution in [0.2, 0.25) is 0 Å². The zero-order chi connectivity index (χ0) is 20.0. The number of hydrogen-bond donors (Lipinski definition) is 0. The Hall–Kier alpha value is -3.40. The molecule has 0 atom stereocenters. The minimum atomic E-state index is -0.481. The lowest BCUT2D eigenvalue weighted by Crippen LogP contribution is -2.41. The summed E-state index contributed by atoms with van der Waals surface area (Å²) in [6.45, 7) is 0. The number of ketones is 1. The molecule has 2 aromatic heterocycles. The van der Waals surface area contributed by atoms with Gasteiger partial charge in [-0.2, -0.15) is 9.69 Å². The summed E-state index contributed by atoms with van der Waals surface area (Å²) in [7, 11) is 0. The van der Waals surface area contributed by atoms with Crippen LogP contribution in [0.5, 0.6) is 0 Å². The molecule has 10 heteroatoms. The van der Waals surface area contributed by atoms with E-state index in [1.165, 1.54) is 23.3 Å². The Labute approximate surface area is 169 Å². The molecule has 29 heavy (non-hydrogen) atoms. The van der Waals surface area contributed by atoms with Gasteiger partial charge in [0.15, 0.2) is 0 Å². The Bertz CT molecular complexity index is 1110. The third-order valence-electron chi connectivity index (χ3n) is 4.75. The van der Waals surface area contributed by atoms with Crippen molar-refractivity contribution >= 4 is 29.4 Å². The van der Waals surface area contributed by atoms with Crippen molar-refractivity contribution in [2.45, 2.75) is 18.0 Å². The van der Waals surface area contributed by atoms with E-state index in [0.29, 0.717) is 16.8 Å². The molecule has 0 radical (unpaired) electrons. The van der Waals surface area contributed by atoms with Crippen molar-refractivity contribution in [2.75, 3.05) is 10.8 Å². The molecule has 1 aromatic carbocycles. The van der Waals surface area contributed by atoms with Crippen LogP contribution in [0.15, 0.2) is 48.0 Å². The Morgan fingerprint density at radius 2 is 1.79 bits per heavy atom. The fourth-order valence-electron chi connectivity index (χ4n) is 3.13. The summed E-state index contributed by atoms with van der Waals surface area (Å²) in [5.41, 5.74) is 0.972. The number of fused-ring (bicyclic) bond motifs is 1. The second kappa shape index (κ2) is 6.89. The molecule has 0 N–H and O–H groups in total. The molecule has 1 saturated carbocycles. The van der Waals surface area contributed by atoms with Crippen LogP contribution in [-0.2, 0) is 4.79 Å². The maximum atomic E-state index is 13.0. The van der Waals surface area contributed by atoms with Gasteiger partial charge in [0.05, 0.1) is 23.1 Å². The molecule has 1 aliphatic carbocycles. The van der Waals surface area contributed by atoms with Gasteiger partial charge in [0.2, 0.25) is 11.0 Å². The highest BCUT2D eigenvalue weighted by molar-refractivity contribution is 7.99. The summed E-state index contributed by atoms with van der Waals surface area (Å²) in [4.78, 5) is 46.4. The molecule has 2 amide bonds. The number of carbonyl (C=O) groups excluding carboxylic acids is 3. The van der Waals surface area contributed by atoms with E-state index in [4.69, 9.17) is 0 Å². The molecule has 5 rings (SSSR count). The van der Waals surface area contributed by atoms with Gasteiger partial charge in [-0.3, -0.25) is 19.4 Å². The smallest absolute Gasteiger partial charge is 0.281 e. The van der Waals surface area contributed by atoms with Gasteiger partial charge in [0, 0.05) is 18.3 Å². The summed E-state index contributed by atoms with van der Waals surface area (Å²) in [6.07, 6.45) is 6.30. The quantitative estimate of drug-likeness (QED) is 0.450. The highest BCUT2D eigenvalue weighted by atomic mass is 32.2. The van der Waals surface area contributed by atoms with Crippen molar-refractivity contribution in [1.82, 2.24) is 24.8 Å². The van der Waals surface area contributed by atoms with Crippen LogP contribution in [0.25, 0.3) is 11.5 Å². The number of imide groups is 1. The molecule has 0 bridgehead atoms. The zero-order valence-electron chi connectivity index (χ0n) is 15.1. The Morgan fingerprint density at radius 3 is 2.41 bits per heavy atom. The lowest BCUT2D eigenvalue weighted by Gasteiger charge is -2.18. The number of thioether (sulfide) groups is 1. The molecule has 1 fully saturated rings. The average Bonchev–Trinajstić information content (AvgIpc) is 3.48. The summed E-state index contributed by atoms with van der Waals surface area (Å²) in [6, 6.07) is 6.61. The van der Waals surface area contributed by atoms with Crippen LogP contribution in [0.1, 0.15) is 33.6 Å². The maximum absolute atomic E-state index is 13.0. The topological polar surface area (TPSA) is 111 Å². The first-order valence-corrected chi connectivity index (χ1v) is 9.99. The normalized spacial score (nSPS) is 15.7. The molecule has 144 valence electrons. The second-order valence-electron chi connectivity index (χ2n) is 6.71.